The van der Waals surface area contributed by atoms with Crippen molar-refractivity contribution >= 4 is 29.1 Å². The van der Waals surface area contributed by atoms with E-state index in [4.69, 9.17) is 14.6 Å². The van der Waals surface area contributed by atoms with E-state index in [-0.39, 0.29) is 4.88 Å². The molecule has 0 aliphatic heterocycles. The maximum atomic E-state index is 11.1. The van der Waals surface area contributed by atoms with Gasteiger partial charge in [-0.25, -0.2) is 4.79 Å². The van der Waals surface area contributed by atoms with Crippen LogP contribution in [-0.2, 0) is 5.75 Å². The first-order valence-electron chi connectivity index (χ1n) is 4.81. The van der Waals surface area contributed by atoms with Crippen molar-refractivity contribution < 1.29 is 19.4 Å². The van der Waals surface area contributed by atoms with Crippen LogP contribution < -0.4 is 5.43 Å². The fourth-order valence-electron chi connectivity index (χ4n) is 1.18. The molecule has 2 aromatic heterocycles. The number of carboxylic acid groups (broad SMARTS) is 1. The number of carboxylic acids is 1. The van der Waals surface area contributed by atoms with Crippen molar-refractivity contribution in [3.8, 4) is 5.75 Å². The zero-order valence-corrected chi connectivity index (χ0v) is 10.6. The molecule has 0 bridgehead atoms. The summed E-state index contributed by atoms with van der Waals surface area (Å²) in [5.74, 6) is -0.563. The third kappa shape index (κ3) is 2.93. The molecule has 2 heterocycles. The largest absolute Gasteiger partial charge is 0.502 e. The maximum Gasteiger partial charge on any atom is 0.345 e. The van der Waals surface area contributed by atoms with Gasteiger partial charge in [-0.3, -0.25) is 4.79 Å². The molecular formula is C11H8O5S2. The number of thioether (sulfide) groups is 1. The van der Waals surface area contributed by atoms with Gasteiger partial charge in [0.1, 0.15) is 16.9 Å². The number of aromatic hydroxyl groups is 1. The van der Waals surface area contributed by atoms with E-state index in [0.717, 1.165) is 22.5 Å². The molecule has 0 aliphatic carbocycles. The number of thiophene rings is 1. The summed E-state index contributed by atoms with van der Waals surface area (Å²) in [5, 5.41) is 19.5. The number of aromatic carboxylic acids is 1. The minimum Gasteiger partial charge on any atom is -0.502 e. The summed E-state index contributed by atoms with van der Waals surface area (Å²) in [5.41, 5.74) is -0.492. The van der Waals surface area contributed by atoms with Crippen molar-refractivity contribution in [3.63, 3.8) is 0 Å². The Morgan fingerprint density at radius 2 is 2.22 bits per heavy atom. The maximum absolute atomic E-state index is 11.1. The fourth-order valence-corrected chi connectivity index (χ4v) is 2.94. The van der Waals surface area contributed by atoms with Crippen LogP contribution in [0, 0.1) is 0 Å². The Bertz CT molecular complexity index is 628. The molecular weight excluding hydrogens is 276 g/mol. The van der Waals surface area contributed by atoms with Crippen LogP contribution in [0.15, 0.2) is 37.9 Å². The van der Waals surface area contributed by atoms with Crippen LogP contribution in [0.3, 0.4) is 0 Å². The average molecular weight is 284 g/mol. The molecule has 0 aliphatic rings. The molecule has 7 heteroatoms. The Morgan fingerprint density at radius 3 is 2.83 bits per heavy atom. The number of hydrogen-bond donors (Lipinski definition) is 2. The quantitative estimate of drug-likeness (QED) is 0.838. The molecule has 0 aromatic carbocycles. The van der Waals surface area contributed by atoms with E-state index in [0.29, 0.717) is 11.5 Å². The Kier molecular flexibility index (Phi) is 3.73. The number of carbonyl (C=O) groups is 1. The highest BCUT2D eigenvalue weighted by molar-refractivity contribution is 7.98. The highest BCUT2D eigenvalue weighted by Gasteiger charge is 2.08. The third-order valence-corrected chi connectivity index (χ3v) is 4.10. The van der Waals surface area contributed by atoms with Gasteiger partial charge < -0.3 is 14.6 Å². The van der Waals surface area contributed by atoms with Crippen molar-refractivity contribution in [2.24, 2.45) is 0 Å². The molecule has 2 N–H and O–H groups in total. The predicted molar refractivity (Wildman–Crippen MR) is 67.5 cm³/mol. The summed E-state index contributed by atoms with van der Waals surface area (Å²) in [7, 11) is 0. The van der Waals surface area contributed by atoms with Gasteiger partial charge >= 0.3 is 5.97 Å². The second-order valence-corrected chi connectivity index (χ2v) is 5.30. The molecule has 0 amide bonds. The zero-order valence-electron chi connectivity index (χ0n) is 8.95. The standard InChI is InChI=1S/C11H8O5S2/c12-8-1-6(16-3-9(8)13)4-17-7-2-10(11(14)15)18-5-7/h1-3,5,13H,4H2,(H,14,15). The van der Waals surface area contributed by atoms with Gasteiger partial charge in [0, 0.05) is 16.3 Å². The van der Waals surface area contributed by atoms with Gasteiger partial charge in [0.2, 0.25) is 5.43 Å². The second kappa shape index (κ2) is 5.28. The van der Waals surface area contributed by atoms with Gasteiger partial charge in [0.15, 0.2) is 5.75 Å². The molecule has 0 saturated heterocycles. The van der Waals surface area contributed by atoms with Gasteiger partial charge in [0.05, 0.1) is 5.75 Å². The van der Waals surface area contributed by atoms with Gasteiger partial charge in [-0.2, -0.15) is 0 Å². The molecule has 0 unspecified atom stereocenters. The van der Waals surface area contributed by atoms with E-state index in [1.54, 1.807) is 11.4 Å². The first-order chi connectivity index (χ1) is 8.56. The van der Waals surface area contributed by atoms with Gasteiger partial charge in [-0.1, -0.05) is 0 Å². The van der Waals surface area contributed by atoms with Crippen LogP contribution in [0.2, 0.25) is 0 Å². The summed E-state index contributed by atoms with van der Waals surface area (Å²) in [4.78, 5) is 22.9. The lowest BCUT2D eigenvalue weighted by Gasteiger charge is -1.98. The predicted octanol–water partition coefficient (Wildman–Crippen LogP) is 2.40. The summed E-state index contributed by atoms with van der Waals surface area (Å²) in [6, 6.07) is 2.78. The van der Waals surface area contributed by atoms with Crippen LogP contribution in [0.25, 0.3) is 0 Å². The topological polar surface area (TPSA) is 87.7 Å². The van der Waals surface area contributed by atoms with E-state index in [9.17, 15) is 9.59 Å². The molecule has 94 valence electrons. The Labute approximate surface area is 110 Å². The molecule has 2 aromatic rings. The zero-order chi connectivity index (χ0) is 13.1. The third-order valence-electron chi connectivity index (χ3n) is 2.03. The lowest BCUT2D eigenvalue weighted by molar-refractivity contribution is 0.0702. The second-order valence-electron chi connectivity index (χ2n) is 3.34. The summed E-state index contributed by atoms with van der Waals surface area (Å²) < 4.78 is 5.03. The number of rotatable bonds is 4. The molecule has 0 radical (unpaired) electrons. The van der Waals surface area contributed by atoms with E-state index < -0.39 is 17.1 Å². The lowest BCUT2D eigenvalue weighted by Crippen LogP contribution is -1.98. The molecule has 0 spiro atoms. The normalized spacial score (nSPS) is 10.4. The monoisotopic (exact) mass is 284 g/mol. The van der Waals surface area contributed by atoms with Crippen molar-refractivity contribution in [2.45, 2.75) is 10.6 Å². The van der Waals surface area contributed by atoms with Crippen molar-refractivity contribution in [1.82, 2.24) is 0 Å². The summed E-state index contributed by atoms with van der Waals surface area (Å²) in [6.07, 6.45) is 0.995. The smallest absolute Gasteiger partial charge is 0.345 e. The van der Waals surface area contributed by atoms with E-state index in [1.165, 1.54) is 17.8 Å². The highest BCUT2D eigenvalue weighted by Crippen LogP contribution is 2.27. The average Bonchev–Trinajstić information content (AvgIpc) is 2.79. The van der Waals surface area contributed by atoms with Gasteiger partial charge in [-0.15, -0.1) is 23.1 Å². The first kappa shape index (κ1) is 12.7. The SMILES string of the molecule is O=C(O)c1cc(SCc2cc(=O)c(O)co2)cs1. The number of hydrogen-bond acceptors (Lipinski definition) is 6. The van der Waals surface area contributed by atoms with Crippen LogP contribution >= 0.6 is 23.1 Å². The first-order valence-corrected chi connectivity index (χ1v) is 6.68. The van der Waals surface area contributed by atoms with E-state index in [1.807, 2.05) is 0 Å². The van der Waals surface area contributed by atoms with Crippen molar-refractivity contribution in [3.05, 3.63) is 44.6 Å². The van der Waals surface area contributed by atoms with Gasteiger partial charge in [0.25, 0.3) is 0 Å². The van der Waals surface area contributed by atoms with E-state index >= 15 is 0 Å². The summed E-state index contributed by atoms with van der Waals surface area (Å²) >= 11 is 2.50. The molecule has 5 nitrogen and oxygen atoms in total. The Morgan fingerprint density at radius 1 is 1.44 bits per heavy atom. The van der Waals surface area contributed by atoms with Crippen LogP contribution in [-0.4, -0.2) is 16.2 Å². The molecule has 0 fully saturated rings. The van der Waals surface area contributed by atoms with Crippen molar-refractivity contribution in [2.75, 3.05) is 0 Å². The van der Waals surface area contributed by atoms with Crippen molar-refractivity contribution in [1.29, 1.82) is 0 Å². The lowest BCUT2D eigenvalue weighted by atomic mass is 10.4. The Hall–Kier alpha value is -1.73. The Balaban J connectivity index is 2.04. The minimum atomic E-state index is -0.956. The van der Waals surface area contributed by atoms with E-state index in [2.05, 4.69) is 0 Å². The van der Waals surface area contributed by atoms with Crippen LogP contribution in [0.4, 0.5) is 0 Å². The van der Waals surface area contributed by atoms with Gasteiger partial charge in [-0.05, 0) is 6.07 Å². The highest BCUT2D eigenvalue weighted by atomic mass is 32.2. The minimum absolute atomic E-state index is 0.268. The summed E-state index contributed by atoms with van der Waals surface area (Å²) in [6.45, 7) is 0. The fraction of sp³-hybridized carbons (Fsp3) is 0.0909. The molecule has 0 saturated carbocycles. The van der Waals surface area contributed by atoms with Crippen LogP contribution in [0.5, 0.6) is 5.75 Å². The molecule has 0 atom stereocenters. The molecule has 18 heavy (non-hydrogen) atoms. The van der Waals surface area contributed by atoms with Crippen LogP contribution in [0.1, 0.15) is 15.4 Å². The molecule has 2 rings (SSSR count).